The summed E-state index contributed by atoms with van der Waals surface area (Å²) in [5, 5.41) is 12.2. The van der Waals surface area contributed by atoms with Crippen LogP contribution in [0.2, 0.25) is 0 Å². The number of carboxylic acids is 1. The molecule has 1 rings (SSSR count). The van der Waals surface area contributed by atoms with Gasteiger partial charge in [-0.2, -0.15) is 5.10 Å². The highest BCUT2D eigenvalue weighted by Crippen LogP contribution is 2.05. The van der Waals surface area contributed by atoms with Crippen molar-refractivity contribution in [3.63, 3.8) is 0 Å². The average Bonchev–Trinajstić information content (AvgIpc) is 2.86. The molecule has 0 unspecified atom stereocenters. The third-order valence-electron chi connectivity index (χ3n) is 2.49. The Balaban J connectivity index is 2.00. The van der Waals surface area contributed by atoms with Crippen LogP contribution in [0.4, 0.5) is 0 Å². The summed E-state index contributed by atoms with van der Waals surface area (Å²) in [5.41, 5.74) is 3.21. The maximum atomic E-state index is 11.4. The Bertz CT molecular complexity index is 412. The number of hydrogen-bond donors (Lipinski definition) is 2. The number of nitrogens with one attached hydrogen (secondary N) is 1. The molecule has 0 aliphatic rings. The molecule has 0 bridgehead atoms. The highest BCUT2D eigenvalue weighted by Gasteiger charge is 2.00. The van der Waals surface area contributed by atoms with Gasteiger partial charge >= 0.3 is 5.97 Å². The standard InChI is InChI=1S/C13H18N2O4/c16-12(5-3-1-2-4-6-13(17)18)15-14-9-11-7-8-19-10-11/h7-10H,1-6H2,(H,15,16)(H,17,18)/b14-9+. The number of amides is 1. The molecule has 2 N–H and O–H groups in total. The van der Waals surface area contributed by atoms with E-state index >= 15 is 0 Å². The summed E-state index contributed by atoms with van der Waals surface area (Å²) < 4.78 is 4.85. The van der Waals surface area contributed by atoms with Crippen LogP contribution in [0, 0.1) is 0 Å². The minimum absolute atomic E-state index is 0.141. The number of carbonyl (C=O) groups excluding carboxylic acids is 1. The lowest BCUT2D eigenvalue weighted by atomic mass is 10.1. The Morgan fingerprint density at radius 2 is 2.00 bits per heavy atom. The first-order valence-electron chi connectivity index (χ1n) is 6.24. The van der Waals surface area contributed by atoms with Gasteiger partial charge in [0.15, 0.2) is 0 Å². The zero-order chi connectivity index (χ0) is 13.9. The van der Waals surface area contributed by atoms with Crippen molar-refractivity contribution in [3.05, 3.63) is 24.2 Å². The number of hydrogen-bond acceptors (Lipinski definition) is 4. The van der Waals surface area contributed by atoms with E-state index in [4.69, 9.17) is 9.52 Å². The van der Waals surface area contributed by atoms with Crippen LogP contribution < -0.4 is 5.43 Å². The largest absolute Gasteiger partial charge is 0.481 e. The van der Waals surface area contributed by atoms with Crippen LogP contribution >= 0.6 is 0 Å². The van der Waals surface area contributed by atoms with E-state index < -0.39 is 5.97 Å². The third-order valence-corrected chi connectivity index (χ3v) is 2.49. The van der Waals surface area contributed by atoms with E-state index in [1.807, 2.05) is 0 Å². The first-order valence-corrected chi connectivity index (χ1v) is 6.24. The van der Waals surface area contributed by atoms with Gasteiger partial charge in [0.1, 0.15) is 0 Å². The Morgan fingerprint density at radius 3 is 2.63 bits per heavy atom. The van der Waals surface area contributed by atoms with Crippen LogP contribution in [0.25, 0.3) is 0 Å². The molecule has 6 heteroatoms. The fourth-order valence-corrected chi connectivity index (χ4v) is 1.50. The van der Waals surface area contributed by atoms with Gasteiger partial charge < -0.3 is 9.52 Å². The Hall–Kier alpha value is -2.11. The van der Waals surface area contributed by atoms with E-state index in [9.17, 15) is 9.59 Å². The Morgan fingerprint density at radius 1 is 1.26 bits per heavy atom. The molecule has 104 valence electrons. The van der Waals surface area contributed by atoms with Gasteiger partial charge in [-0.05, 0) is 18.9 Å². The van der Waals surface area contributed by atoms with E-state index in [0.717, 1.165) is 24.8 Å². The molecule has 0 saturated carbocycles. The van der Waals surface area contributed by atoms with E-state index in [-0.39, 0.29) is 12.3 Å². The van der Waals surface area contributed by atoms with Crippen molar-refractivity contribution in [2.45, 2.75) is 38.5 Å². The summed E-state index contributed by atoms with van der Waals surface area (Å²) in [4.78, 5) is 21.6. The fraction of sp³-hybridized carbons (Fsp3) is 0.462. The maximum Gasteiger partial charge on any atom is 0.303 e. The maximum absolute atomic E-state index is 11.4. The van der Waals surface area contributed by atoms with Crippen LogP contribution in [0.15, 0.2) is 28.1 Å². The minimum atomic E-state index is -0.772. The normalized spacial score (nSPS) is 10.7. The lowest BCUT2D eigenvalue weighted by Crippen LogP contribution is -2.16. The Labute approximate surface area is 111 Å². The van der Waals surface area contributed by atoms with Crippen molar-refractivity contribution in [1.29, 1.82) is 0 Å². The summed E-state index contributed by atoms with van der Waals surface area (Å²) in [6.07, 6.45) is 8.25. The number of unbranched alkanes of at least 4 members (excludes halogenated alkanes) is 3. The van der Waals surface area contributed by atoms with Crippen molar-refractivity contribution >= 4 is 18.1 Å². The van der Waals surface area contributed by atoms with Gasteiger partial charge in [-0.15, -0.1) is 0 Å². The smallest absolute Gasteiger partial charge is 0.303 e. The van der Waals surface area contributed by atoms with Crippen molar-refractivity contribution in [3.8, 4) is 0 Å². The molecule has 0 aliphatic heterocycles. The quantitative estimate of drug-likeness (QED) is 0.407. The summed E-state index contributed by atoms with van der Waals surface area (Å²) in [7, 11) is 0. The zero-order valence-electron chi connectivity index (χ0n) is 10.7. The predicted octanol–water partition coefficient (Wildman–Crippen LogP) is 2.15. The lowest BCUT2D eigenvalue weighted by molar-refractivity contribution is -0.137. The molecule has 1 heterocycles. The van der Waals surface area contributed by atoms with Gasteiger partial charge in [0, 0.05) is 18.4 Å². The fourth-order valence-electron chi connectivity index (χ4n) is 1.50. The van der Waals surface area contributed by atoms with Gasteiger partial charge in [-0.3, -0.25) is 9.59 Å². The molecule has 0 fully saturated rings. The third kappa shape index (κ3) is 7.75. The monoisotopic (exact) mass is 266 g/mol. The molecule has 19 heavy (non-hydrogen) atoms. The second-order valence-electron chi connectivity index (χ2n) is 4.16. The van der Waals surface area contributed by atoms with Gasteiger partial charge in [0.05, 0.1) is 18.7 Å². The molecular weight excluding hydrogens is 248 g/mol. The first kappa shape index (κ1) is 14.9. The lowest BCUT2D eigenvalue weighted by Gasteiger charge is -2.00. The van der Waals surface area contributed by atoms with Crippen molar-refractivity contribution in [1.82, 2.24) is 5.43 Å². The van der Waals surface area contributed by atoms with Gasteiger partial charge in [0.2, 0.25) is 5.91 Å². The molecule has 0 spiro atoms. The van der Waals surface area contributed by atoms with E-state index in [2.05, 4.69) is 10.5 Å². The SMILES string of the molecule is O=C(O)CCCCCCC(=O)N/N=C/c1ccoc1. The number of hydrazone groups is 1. The topological polar surface area (TPSA) is 91.9 Å². The number of furan rings is 1. The first-order chi connectivity index (χ1) is 9.18. The average molecular weight is 266 g/mol. The molecule has 6 nitrogen and oxygen atoms in total. The number of nitrogens with zero attached hydrogens (tertiary/aromatic N) is 1. The van der Waals surface area contributed by atoms with E-state index in [0.29, 0.717) is 12.8 Å². The minimum Gasteiger partial charge on any atom is -0.481 e. The molecule has 1 amide bonds. The van der Waals surface area contributed by atoms with Gasteiger partial charge in [-0.1, -0.05) is 12.8 Å². The predicted molar refractivity (Wildman–Crippen MR) is 69.8 cm³/mol. The van der Waals surface area contributed by atoms with Crippen LogP contribution in [0.3, 0.4) is 0 Å². The van der Waals surface area contributed by atoms with Crippen molar-refractivity contribution in [2.24, 2.45) is 5.10 Å². The zero-order valence-corrected chi connectivity index (χ0v) is 10.7. The summed E-state index contributed by atoms with van der Waals surface area (Å²) >= 11 is 0. The molecule has 0 atom stereocenters. The number of carboxylic acid groups (broad SMARTS) is 1. The van der Waals surface area contributed by atoms with E-state index in [1.54, 1.807) is 6.07 Å². The van der Waals surface area contributed by atoms with E-state index in [1.165, 1.54) is 18.7 Å². The molecule has 0 saturated heterocycles. The highest BCUT2D eigenvalue weighted by molar-refractivity contribution is 5.81. The molecule has 1 aromatic heterocycles. The second kappa shape index (κ2) is 8.91. The van der Waals surface area contributed by atoms with Crippen LogP contribution in [-0.2, 0) is 9.59 Å². The molecule has 0 aliphatic carbocycles. The van der Waals surface area contributed by atoms with Crippen LogP contribution in [0.1, 0.15) is 44.1 Å². The van der Waals surface area contributed by atoms with Crippen LogP contribution in [-0.4, -0.2) is 23.2 Å². The Kier molecular flexibility index (Phi) is 7.01. The van der Waals surface area contributed by atoms with Gasteiger partial charge in [-0.25, -0.2) is 5.43 Å². The van der Waals surface area contributed by atoms with Crippen molar-refractivity contribution in [2.75, 3.05) is 0 Å². The number of carbonyl (C=O) groups is 2. The number of aliphatic carboxylic acids is 1. The number of rotatable bonds is 9. The molecule has 1 aromatic rings. The second-order valence-corrected chi connectivity index (χ2v) is 4.16. The van der Waals surface area contributed by atoms with Crippen LogP contribution in [0.5, 0.6) is 0 Å². The van der Waals surface area contributed by atoms with Gasteiger partial charge in [0.25, 0.3) is 0 Å². The van der Waals surface area contributed by atoms with Crippen molar-refractivity contribution < 1.29 is 19.1 Å². The molecule has 0 aromatic carbocycles. The summed E-state index contributed by atoms with van der Waals surface area (Å²) in [6, 6.07) is 1.73. The molecular formula is C13H18N2O4. The molecule has 0 radical (unpaired) electrons. The summed E-state index contributed by atoms with van der Waals surface area (Å²) in [6.45, 7) is 0. The summed E-state index contributed by atoms with van der Waals surface area (Å²) in [5.74, 6) is -0.913. The highest BCUT2D eigenvalue weighted by atomic mass is 16.4.